The van der Waals surface area contributed by atoms with Gasteiger partial charge in [-0.3, -0.25) is 9.48 Å². The van der Waals surface area contributed by atoms with E-state index >= 15 is 0 Å². The van der Waals surface area contributed by atoms with Gasteiger partial charge in [0, 0.05) is 25.2 Å². The number of nitrogens with two attached hydrogens (primary N) is 1. The molecule has 0 aliphatic heterocycles. The first-order valence-electron chi connectivity index (χ1n) is 5.76. The van der Waals surface area contributed by atoms with E-state index in [1.807, 2.05) is 0 Å². The van der Waals surface area contributed by atoms with Crippen molar-refractivity contribution < 1.29 is 9.72 Å². The molecule has 1 amide bonds. The Hall–Kier alpha value is -2.84. The lowest BCUT2D eigenvalue weighted by atomic mass is 10.3. The highest BCUT2D eigenvalue weighted by Gasteiger charge is 2.20. The molecule has 0 aromatic carbocycles. The van der Waals surface area contributed by atoms with Crippen LogP contribution in [-0.4, -0.2) is 25.2 Å². The number of aromatic nitrogens is 3. The molecule has 2 rings (SSSR count). The number of anilines is 1. The van der Waals surface area contributed by atoms with Gasteiger partial charge in [-0.05, 0) is 11.0 Å². The third kappa shape index (κ3) is 2.32. The Morgan fingerprint density at radius 2 is 2.20 bits per heavy atom. The van der Waals surface area contributed by atoms with Crippen molar-refractivity contribution in [1.29, 1.82) is 0 Å². The normalized spacial score (nSPS) is 10.5. The minimum atomic E-state index is -0.546. The fourth-order valence-corrected chi connectivity index (χ4v) is 1.81. The summed E-state index contributed by atoms with van der Waals surface area (Å²) in [4.78, 5) is 22.1. The molecule has 0 fully saturated rings. The van der Waals surface area contributed by atoms with Gasteiger partial charge in [0.25, 0.3) is 5.91 Å². The number of rotatable bonds is 4. The van der Waals surface area contributed by atoms with E-state index in [0.717, 1.165) is 0 Å². The molecule has 2 aromatic heterocycles. The van der Waals surface area contributed by atoms with Crippen LogP contribution in [0, 0.1) is 10.1 Å². The van der Waals surface area contributed by atoms with E-state index in [2.05, 4.69) is 10.4 Å². The van der Waals surface area contributed by atoms with Crippen LogP contribution in [0.5, 0.6) is 0 Å². The van der Waals surface area contributed by atoms with Gasteiger partial charge >= 0.3 is 5.82 Å². The molecule has 0 aliphatic carbocycles. The zero-order chi connectivity index (χ0) is 14.9. The van der Waals surface area contributed by atoms with E-state index in [0.29, 0.717) is 11.4 Å². The molecule has 0 saturated heterocycles. The number of nitrogens with one attached hydrogen (secondary N) is 1. The van der Waals surface area contributed by atoms with E-state index in [1.165, 1.54) is 28.4 Å². The molecule has 0 atom stereocenters. The second kappa shape index (κ2) is 5.03. The number of aryl methyl sites for hydroxylation is 1. The Morgan fingerprint density at radius 1 is 1.50 bits per heavy atom. The van der Waals surface area contributed by atoms with Crippen molar-refractivity contribution >= 4 is 17.5 Å². The number of carbonyl (C=O) groups excluding carboxylic acids is 1. The second-order valence-electron chi connectivity index (χ2n) is 4.25. The molecule has 9 nitrogen and oxygen atoms in total. The SMILES string of the molecule is Cn1ncc(CNC(=O)c2ccc([N+](=O)[O-])n2C)c1N. The fourth-order valence-electron chi connectivity index (χ4n) is 1.81. The largest absolute Gasteiger partial charge is 0.384 e. The summed E-state index contributed by atoms with van der Waals surface area (Å²) in [6.07, 6.45) is 1.56. The predicted molar refractivity (Wildman–Crippen MR) is 70.9 cm³/mol. The summed E-state index contributed by atoms with van der Waals surface area (Å²) in [6, 6.07) is 2.69. The van der Waals surface area contributed by atoms with Gasteiger partial charge < -0.3 is 21.2 Å². The summed E-state index contributed by atoms with van der Waals surface area (Å²) in [5, 5.41) is 17.3. The molecule has 20 heavy (non-hydrogen) atoms. The van der Waals surface area contributed by atoms with Crippen LogP contribution in [0.15, 0.2) is 18.3 Å². The smallest absolute Gasteiger partial charge is 0.323 e. The summed E-state index contributed by atoms with van der Waals surface area (Å²) in [7, 11) is 3.16. The number of hydrogen-bond donors (Lipinski definition) is 2. The van der Waals surface area contributed by atoms with Gasteiger partial charge in [0.05, 0.1) is 13.2 Å². The molecular formula is C11H14N6O3. The van der Waals surface area contributed by atoms with E-state index < -0.39 is 10.8 Å². The van der Waals surface area contributed by atoms with Crippen molar-refractivity contribution in [1.82, 2.24) is 19.7 Å². The molecule has 0 saturated carbocycles. The molecule has 0 radical (unpaired) electrons. The summed E-state index contributed by atoms with van der Waals surface area (Å²) >= 11 is 0. The maximum absolute atomic E-state index is 12.0. The zero-order valence-corrected chi connectivity index (χ0v) is 11.0. The van der Waals surface area contributed by atoms with Gasteiger partial charge in [0.2, 0.25) is 0 Å². The minimum absolute atomic E-state index is 0.143. The van der Waals surface area contributed by atoms with Crippen LogP contribution in [0.2, 0.25) is 0 Å². The Morgan fingerprint density at radius 3 is 2.70 bits per heavy atom. The summed E-state index contributed by atoms with van der Waals surface area (Å²) in [6.45, 7) is 0.206. The molecule has 0 unspecified atom stereocenters. The number of nitrogen functional groups attached to an aromatic ring is 1. The number of nitro groups is 1. The Kier molecular flexibility index (Phi) is 3.42. The van der Waals surface area contributed by atoms with Crippen molar-refractivity contribution in [2.45, 2.75) is 6.54 Å². The van der Waals surface area contributed by atoms with Crippen LogP contribution in [0.3, 0.4) is 0 Å². The summed E-state index contributed by atoms with van der Waals surface area (Å²) < 4.78 is 2.72. The zero-order valence-electron chi connectivity index (χ0n) is 11.0. The van der Waals surface area contributed by atoms with E-state index in [-0.39, 0.29) is 18.1 Å². The first kappa shape index (κ1) is 13.6. The number of nitrogens with zero attached hydrogens (tertiary/aromatic N) is 4. The van der Waals surface area contributed by atoms with Crippen LogP contribution >= 0.6 is 0 Å². The molecule has 3 N–H and O–H groups in total. The van der Waals surface area contributed by atoms with Crippen LogP contribution in [0.4, 0.5) is 11.6 Å². The van der Waals surface area contributed by atoms with Crippen molar-refractivity contribution in [2.24, 2.45) is 14.1 Å². The number of hydrogen-bond acceptors (Lipinski definition) is 5. The highest BCUT2D eigenvalue weighted by molar-refractivity contribution is 5.93. The molecule has 0 spiro atoms. The monoisotopic (exact) mass is 278 g/mol. The standard InChI is InChI=1S/C11H14N6O3/c1-15-8(3-4-9(15)17(19)20)11(18)13-5-7-6-14-16(2)10(7)12/h3-4,6H,5,12H2,1-2H3,(H,13,18). The Labute approximate surface area is 114 Å². The van der Waals surface area contributed by atoms with E-state index in [1.54, 1.807) is 13.2 Å². The molecule has 0 bridgehead atoms. The highest BCUT2D eigenvalue weighted by Crippen LogP contribution is 2.15. The first-order chi connectivity index (χ1) is 9.41. The molecule has 9 heteroatoms. The second-order valence-corrected chi connectivity index (χ2v) is 4.25. The van der Waals surface area contributed by atoms with Crippen LogP contribution in [0.25, 0.3) is 0 Å². The summed E-state index contributed by atoms with van der Waals surface area (Å²) in [5.74, 6) is -0.0944. The first-order valence-corrected chi connectivity index (χ1v) is 5.76. The predicted octanol–water partition coefficient (Wildman–Crippen LogP) is 0.179. The lowest BCUT2D eigenvalue weighted by molar-refractivity contribution is -0.391. The van der Waals surface area contributed by atoms with Gasteiger partial charge in [-0.15, -0.1) is 0 Å². The third-order valence-corrected chi connectivity index (χ3v) is 3.02. The number of amides is 1. The van der Waals surface area contributed by atoms with Gasteiger partial charge in [-0.1, -0.05) is 0 Å². The lowest BCUT2D eigenvalue weighted by Crippen LogP contribution is -2.25. The van der Waals surface area contributed by atoms with Gasteiger partial charge in [-0.2, -0.15) is 5.10 Å². The van der Waals surface area contributed by atoms with Gasteiger partial charge in [0.1, 0.15) is 5.82 Å². The van der Waals surface area contributed by atoms with Crippen LogP contribution in [-0.2, 0) is 20.6 Å². The molecule has 2 heterocycles. The Balaban J connectivity index is 2.09. The van der Waals surface area contributed by atoms with E-state index in [4.69, 9.17) is 5.73 Å². The molecule has 0 aliphatic rings. The lowest BCUT2D eigenvalue weighted by Gasteiger charge is -2.04. The highest BCUT2D eigenvalue weighted by atomic mass is 16.6. The number of carbonyl (C=O) groups is 1. The third-order valence-electron chi connectivity index (χ3n) is 3.02. The minimum Gasteiger partial charge on any atom is -0.384 e. The van der Waals surface area contributed by atoms with E-state index in [9.17, 15) is 14.9 Å². The Bertz CT molecular complexity index is 672. The van der Waals surface area contributed by atoms with Crippen molar-refractivity contribution in [3.63, 3.8) is 0 Å². The van der Waals surface area contributed by atoms with Crippen molar-refractivity contribution in [3.05, 3.63) is 39.7 Å². The van der Waals surface area contributed by atoms with Crippen molar-refractivity contribution in [3.8, 4) is 0 Å². The summed E-state index contributed by atoms with van der Waals surface area (Å²) in [5.41, 5.74) is 6.65. The maximum atomic E-state index is 12.0. The average Bonchev–Trinajstić information content (AvgIpc) is 2.92. The average molecular weight is 278 g/mol. The topological polar surface area (TPSA) is 121 Å². The van der Waals surface area contributed by atoms with Gasteiger partial charge in [-0.25, -0.2) is 4.57 Å². The molecular weight excluding hydrogens is 264 g/mol. The fraction of sp³-hybridized carbons (Fsp3) is 0.273. The molecule has 106 valence electrons. The van der Waals surface area contributed by atoms with Crippen molar-refractivity contribution in [2.75, 3.05) is 5.73 Å². The van der Waals surface area contributed by atoms with Crippen LogP contribution in [0.1, 0.15) is 16.1 Å². The van der Waals surface area contributed by atoms with Crippen LogP contribution < -0.4 is 11.1 Å². The van der Waals surface area contributed by atoms with Gasteiger partial charge in [0.15, 0.2) is 5.69 Å². The quantitative estimate of drug-likeness (QED) is 0.610. The maximum Gasteiger partial charge on any atom is 0.323 e. The molecule has 2 aromatic rings.